The zero-order valence-corrected chi connectivity index (χ0v) is 11.9. The van der Waals surface area contributed by atoms with Gasteiger partial charge in [-0.05, 0) is 33.6 Å². The molecule has 2 N–H and O–H groups in total. The van der Waals surface area contributed by atoms with E-state index in [-0.39, 0.29) is 6.61 Å². The summed E-state index contributed by atoms with van der Waals surface area (Å²) in [6.45, 7) is 5.18. The van der Waals surface area contributed by atoms with Crippen LogP contribution < -0.4 is 10.3 Å². The fourth-order valence-electron chi connectivity index (χ4n) is 1.41. The summed E-state index contributed by atoms with van der Waals surface area (Å²) in [6.07, 6.45) is 0.206. The van der Waals surface area contributed by atoms with Crippen molar-refractivity contribution >= 4 is 16.1 Å². The normalized spacial score (nSPS) is 18.2. The first-order valence-corrected chi connectivity index (χ1v) is 7.09. The summed E-state index contributed by atoms with van der Waals surface area (Å²) in [5, 5.41) is 0. The molecule has 1 rings (SSSR count). The van der Waals surface area contributed by atoms with Gasteiger partial charge in [0.1, 0.15) is 10.3 Å². The van der Waals surface area contributed by atoms with E-state index in [1.165, 1.54) is 7.11 Å². The summed E-state index contributed by atoms with van der Waals surface area (Å²) < 4.78 is 32.7. The van der Waals surface area contributed by atoms with Crippen molar-refractivity contribution < 1.29 is 22.7 Å². The third-order valence-corrected chi connectivity index (χ3v) is 4.51. The molecule has 0 aromatic rings. The lowest BCUT2D eigenvalue weighted by Crippen LogP contribution is -2.49. The second-order valence-electron chi connectivity index (χ2n) is 5.35. The minimum atomic E-state index is -3.65. The Bertz CT molecular complexity index is 408. The van der Waals surface area contributed by atoms with Crippen molar-refractivity contribution in [3.8, 4) is 0 Å². The third kappa shape index (κ3) is 3.82. The van der Waals surface area contributed by atoms with E-state index in [1.54, 1.807) is 20.8 Å². The van der Waals surface area contributed by atoms with Gasteiger partial charge in [-0.3, -0.25) is 0 Å². The zero-order chi connectivity index (χ0) is 14.0. The van der Waals surface area contributed by atoms with Gasteiger partial charge in [0.15, 0.2) is 0 Å². The number of carbonyl (C=O) groups excluding carboxylic acids is 1. The second kappa shape index (κ2) is 5.02. The van der Waals surface area contributed by atoms with Crippen molar-refractivity contribution in [2.75, 3.05) is 13.7 Å². The molecule has 0 aromatic carbocycles. The summed E-state index contributed by atoms with van der Waals surface area (Å²) in [7, 11) is -2.21. The maximum atomic E-state index is 11.9. The lowest BCUT2D eigenvalue weighted by molar-refractivity contribution is 0.0514. The molecule has 1 amide bonds. The molecular formula is C10H20N2O5S. The van der Waals surface area contributed by atoms with Crippen molar-refractivity contribution in [1.29, 1.82) is 0 Å². The fraction of sp³-hybridized carbons (Fsp3) is 0.900. The van der Waals surface area contributed by atoms with Gasteiger partial charge >= 0.3 is 6.09 Å². The molecule has 1 aliphatic carbocycles. The predicted molar refractivity (Wildman–Crippen MR) is 65.3 cm³/mol. The monoisotopic (exact) mass is 280 g/mol. The van der Waals surface area contributed by atoms with E-state index >= 15 is 0 Å². The van der Waals surface area contributed by atoms with Gasteiger partial charge in [0.25, 0.3) is 0 Å². The molecule has 8 heteroatoms. The van der Waals surface area contributed by atoms with Gasteiger partial charge in [0.2, 0.25) is 10.0 Å². The Balaban J connectivity index is 2.51. The van der Waals surface area contributed by atoms with Gasteiger partial charge in [0.05, 0.1) is 6.61 Å². The number of hydrazine groups is 1. The summed E-state index contributed by atoms with van der Waals surface area (Å²) >= 11 is 0. The van der Waals surface area contributed by atoms with E-state index in [4.69, 9.17) is 9.47 Å². The lowest BCUT2D eigenvalue weighted by Gasteiger charge is -2.21. The van der Waals surface area contributed by atoms with Crippen LogP contribution in [0.2, 0.25) is 0 Å². The number of hydrogen-bond acceptors (Lipinski definition) is 5. The van der Waals surface area contributed by atoms with E-state index in [0.29, 0.717) is 12.8 Å². The molecule has 106 valence electrons. The van der Waals surface area contributed by atoms with Gasteiger partial charge in [-0.1, -0.05) is 0 Å². The van der Waals surface area contributed by atoms with Crippen LogP contribution in [-0.4, -0.2) is 38.6 Å². The minimum absolute atomic E-state index is 0.109. The highest BCUT2D eigenvalue weighted by Crippen LogP contribution is 2.42. The SMILES string of the molecule is COCC1(S(=O)(=O)NNC(=O)OC(C)(C)C)CC1. The first-order chi connectivity index (χ1) is 8.12. The number of ether oxygens (including phenoxy) is 2. The summed E-state index contributed by atoms with van der Waals surface area (Å²) in [4.78, 5) is 13.4. The van der Waals surface area contributed by atoms with Crippen LogP contribution in [0.25, 0.3) is 0 Å². The summed E-state index contributed by atoms with van der Waals surface area (Å²) in [5.41, 5.74) is 1.35. The number of amides is 1. The quantitative estimate of drug-likeness (QED) is 0.716. The molecule has 0 atom stereocenters. The van der Waals surface area contributed by atoms with Crippen molar-refractivity contribution in [1.82, 2.24) is 10.3 Å². The summed E-state index contributed by atoms with van der Waals surface area (Å²) in [6, 6.07) is 0. The van der Waals surface area contributed by atoms with Gasteiger partial charge in [-0.25, -0.2) is 18.6 Å². The number of nitrogens with one attached hydrogen (secondary N) is 2. The van der Waals surface area contributed by atoms with Crippen molar-refractivity contribution in [2.45, 2.75) is 44.0 Å². The van der Waals surface area contributed by atoms with Crippen molar-refractivity contribution in [3.63, 3.8) is 0 Å². The average molecular weight is 280 g/mol. The van der Waals surface area contributed by atoms with Crippen LogP contribution in [0.5, 0.6) is 0 Å². The Morgan fingerprint density at radius 2 is 1.89 bits per heavy atom. The zero-order valence-electron chi connectivity index (χ0n) is 11.1. The molecule has 0 aliphatic heterocycles. The van der Waals surface area contributed by atoms with Crippen LogP contribution in [0, 0.1) is 0 Å². The van der Waals surface area contributed by atoms with Crippen LogP contribution in [0.4, 0.5) is 4.79 Å². The van der Waals surface area contributed by atoms with Crippen LogP contribution in [0.1, 0.15) is 33.6 Å². The minimum Gasteiger partial charge on any atom is -0.443 e. The first-order valence-electron chi connectivity index (χ1n) is 5.61. The topological polar surface area (TPSA) is 93.7 Å². The van der Waals surface area contributed by atoms with Crippen LogP contribution in [0.15, 0.2) is 0 Å². The molecule has 0 saturated heterocycles. The van der Waals surface area contributed by atoms with Gasteiger partial charge < -0.3 is 9.47 Å². The molecule has 7 nitrogen and oxygen atoms in total. The Morgan fingerprint density at radius 1 is 1.33 bits per heavy atom. The number of rotatable bonds is 5. The number of sulfonamides is 1. The maximum Gasteiger partial charge on any atom is 0.422 e. The highest BCUT2D eigenvalue weighted by Gasteiger charge is 2.55. The van der Waals surface area contributed by atoms with E-state index in [2.05, 4.69) is 0 Å². The van der Waals surface area contributed by atoms with Crippen molar-refractivity contribution in [2.24, 2.45) is 0 Å². The maximum absolute atomic E-state index is 11.9. The molecule has 1 fully saturated rings. The first kappa shape index (κ1) is 15.2. The Kier molecular flexibility index (Phi) is 4.24. The van der Waals surface area contributed by atoms with E-state index < -0.39 is 26.5 Å². The summed E-state index contributed by atoms with van der Waals surface area (Å²) in [5.74, 6) is 0. The highest BCUT2D eigenvalue weighted by atomic mass is 32.2. The average Bonchev–Trinajstić information content (AvgIpc) is 2.94. The largest absolute Gasteiger partial charge is 0.443 e. The molecule has 18 heavy (non-hydrogen) atoms. The number of hydrogen-bond donors (Lipinski definition) is 2. The molecule has 1 saturated carbocycles. The molecular weight excluding hydrogens is 260 g/mol. The van der Waals surface area contributed by atoms with Gasteiger partial charge in [-0.2, -0.15) is 0 Å². The molecule has 0 heterocycles. The van der Waals surface area contributed by atoms with Gasteiger partial charge in [-0.15, -0.1) is 4.83 Å². The van der Waals surface area contributed by atoms with E-state index in [9.17, 15) is 13.2 Å². The standard InChI is InChI=1S/C10H20N2O5S/c1-9(2,3)17-8(13)11-12-18(14,15)10(5-6-10)7-16-4/h12H,5-7H2,1-4H3,(H,11,13). The van der Waals surface area contributed by atoms with Crippen LogP contribution in [0.3, 0.4) is 0 Å². The molecule has 0 aromatic heterocycles. The Labute approximate surface area is 107 Å². The van der Waals surface area contributed by atoms with E-state index in [0.717, 1.165) is 0 Å². The molecule has 0 bridgehead atoms. The smallest absolute Gasteiger partial charge is 0.422 e. The number of methoxy groups -OCH3 is 1. The lowest BCUT2D eigenvalue weighted by atomic mass is 10.2. The van der Waals surface area contributed by atoms with Crippen LogP contribution >= 0.6 is 0 Å². The third-order valence-electron chi connectivity index (χ3n) is 2.47. The van der Waals surface area contributed by atoms with Gasteiger partial charge in [0, 0.05) is 7.11 Å². The fourth-order valence-corrected chi connectivity index (χ4v) is 2.76. The highest BCUT2D eigenvalue weighted by molar-refractivity contribution is 7.91. The molecule has 1 aliphatic rings. The number of carbonyl (C=O) groups is 1. The molecule has 0 unspecified atom stereocenters. The predicted octanol–water partition coefficient (Wildman–Crippen LogP) is 0.524. The van der Waals surface area contributed by atoms with Crippen molar-refractivity contribution in [3.05, 3.63) is 0 Å². The Morgan fingerprint density at radius 3 is 2.28 bits per heavy atom. The second-order valence-corrected chi connectivity index (χ2v) is 7.43. The van der Waals surface area contributed by atoms with E-state index in [1.807, 2.05) is 10.3 Å². The Hall–Kier alpha value is -0.860. The molecule has 0 spiro atoms. The van der Waals surface area contributed by atoms with Crippen LogP contribution in [-0.2, 0) is 19.5 Å². The molecule has 0 radical (unpaired) electrons.